The lowest BCUT2D eigenvalue weighted by atomic mass is 10.1. The number of unbranched alkanes of at least 4 members (excludes halogenated alkanes) is 2. The molecule has 0 aromatic rings. The first-order chi connectivity index (χ1) is 7.24. The van der Waals surface area contributed by atoms with Gasteiger partial charge in [-0.2, -0.15) is 0 Å². The van der Waals surface area contributed by atoms with Gasteiger partial charge in [-0.15, -0.1) is 0 Å². The Balaban J connectivity index is 2.41. The highest BCUT2D eigenvalue weighted by molar-refractivity contribution is 5.68. The molecule has 84 valence electrons. The van der Waals surface area contributed by atoms with Crippen LogP contribution in [-0.2, 0) is 4.79 Å². The quantitative estimate of drug-likeness (QED) is 0.683. The van der Waals surface area contributed by atoms with Gasteiger partial charge in [-0.3, -0.25) is 4.79 Å². The van der Waals surface area contributed by atoms with E-state index in [1.807, 2.05) is 24.4 Å². The monoisotopic (exact) mass is 209 g/mol. The van der Waals surface area contributed by atoms with Gasteiger partial charge < -0.3 is 10.0 Å². The number of hydrogen-bond donors (Lipinski definition) is 1. The van der Waals surface area contributed by atoms with Gasteiger partial charge >= 0.3 is 5.97 Å². The molecule has 3 heteroatoms. The molecule has 0 saturated heterocycles. The molecule has 0 spiro atoms. The van der Waals surface area contributed by atoms with Crippen LogP contribution in [0.1, 0.15) is 32.6 Å². The van der Waals surface area contributed by atoms with Crippen LogP contribution in [0.3, 0.4) is 0 Å². The van der Waals surface area contributed by atoms with Crippen molar-refractivity contribution in [2.45, 2.75) is 38.6 Å². The fraction of sp³-hybridized carbons (Fsp3) is 0.583. The smallest absolute Gasteiger partial charge is 0.305 e. The third kappa shape index (κ3) is 4.19. The van der Waals surface area contributed by atoms with E-state index in [-0.39, 0.29) is 12.5 Å². The maximum atomic E-state index is 10.7. The summed E-state index contributed by atoms with van der Waals surface area (Å²) in [6, 6.07) is 0.0318. The Hall–Kier alpha value is -1.25. The minimum absolute atomic E-state index is 0.0318. The predicted octanol–water partition coefficient (Wildman–Crippen LogP) is 2.41. The van der Waals surface area contributed by atoms with E-state index in [9.17, 15) is 4.79 Å². The van der Waals surface area contributed by atoms with Crippen LogP contribution in [0.5, 0.6) is 0 Å². The van der Waals surface area contributed by atoms with Crippen molar-refractivity contribution in [2.24, 2.45) is 0 Å². The van der Waals surface area contributed by atoms with Crippen molar-refractivity contribution in [3.8, 4) is 0 Å². The molecule has 1 aliphatic rings. The maximum absolute atomic E-state index is 10.7. The number of carboxylic acids is 1. The van der Waals surface area contributed by atoms with Crippen molar-refractivity contribution in [1.29, 1.82) is 0 Å². The molecule has 1 aliphatic heterocycles. The van der Waals surface area contributed by atoms with E-state index in [1.54, 1.807) is 0 Å². The molecule has 1 atom stereocenters. The molecule has 0 aliphatic carbocycles. The van der Waals surface area contributed by atoms with Crippen LogP contribution in [0.25, 0.3) is 0 Å². The van der Waals surface area contributed by atoms with Gasteiger partial charge in [0.1, 0.15) is 0 Å². The van der Waals surface area contributed by atoms with Crippen LogP contribution in [-0.4, -0.2) is 28.6 Å². The van der Waals surface area contributed by atoms with E-state index in [2.05, 4.69) is 11.8 Å². The normalized spacial score (nSPS) is 19.5. The maximum Gasteiger partial charge on any atom is 0.305 e. The minimum atomic E-state index is -0.736. The second kappa shape index (κ2) is 6.27. The van der Waals surface area contributed by atoms with Crippen molar-refractivity contribution in [1.82, 2.24) is 4.90 Å². The molecule has 0 radical (unpaired) electrons. The third-order valence-electron chi connectivity index (χ3n) is 2.55. The van der Waals surface area contributed by atoms with E-state index < -0.39 is 5.97 Å². The van der Waals surface area contributed by atoms with Crippen molar-refractivity contribution in [3.63, 3.8) is 0 Å². The van der Waals surface area contributed by atoms with Gasteiger partial charge in [0.25, 0.3) is 0 Å². The first-order valence-electron chi connectivity index (χ1n) is 5.56. The van der Waals surface area contributed by atoms with Crippen molar-refractivity contribution >= 4 is 5.97 Å². The summed E-state index contributed by atoms with van der Waals surface area (Å²) in [6.45, 7) is 3.12. The van der Waals surface area contributed by atoms with Crippen molar-refractivity contribution in [2.75, 3.05) is 6.54 Å². The number of hydrogen-bond acceptors (Lipinski definition) is 2. The number of allylic oxidation sites excluding steroid dienone is 2. The first kappa shape index (κ1) is 11.8. The summed E-state index contributed by atoms with van der Waals surface area (Å²) in [6.07, 6.45) is 11.5. The fourth-order valence-electron chi connectivity index (χ4n) is 1.72. The van der Waals surface area contributed by atoms with E-state index in [0.717, 1.165) is 13.0 Å². The van der Waals surface area contributed by atoms with Crippen molar-refractivity contribution < 1.29 is 9.90 Å². The summed E-state index contributed by atoms with van der Waals surface area (Å²) in [4.78, 5) is 12.8. The number of carboxylic acid groups (broad SMARTS) is 1. The number of nitrogens with zero attached hydrogens (tertiary/aromatic N) is 1. The number of rotatable bonds is 6. The van der Waals surface area contributed by atoms with Gasteiger partial charge in [0, 0.05) is 6.54 Å². The highest BCUT2D eigenvalue weighted by Gasteiger charge is 2.16. The Morgan fingerprint density at radius 3 is 2.87 bits per heavy atom. The van der Waals surface area contributed by atoms with E-state index in [4.69, 9.17) is 5.11 Å². The van der Waals surface area contributed by atoms with Gasteiger partial charge in [-0.25, -0.2) is 0 Å². The molecule has 1 unspecified atom stereocenters. The third-order valence-corrected chi connectivity index (χ3v) is 2.55. The standard InChI is InChI=1S/C12H19NO2/c1-2-3-5-8-13-9-6-4-7-11(13)10-12(14)15/h4,6-7,9,11H,2-3,5,8,10H2,1H3,(H,14,15). The molecule has 3 nitrogen and oxygen atoms in total. The van der Waals surface area contributed by atoms with Crippen LogP contribution in [0.2, 0.25) is 0 Å². The molecule has 15 heavy (non-hydrogen) atoms. The van der Waals surface area contributed by atoms with Crippen LogP contribution in [0.15, 0.2) is 24.4 Å². The zero-order valence-electron chi connectivity index (χ0n) is 9.22. The fourth-order valence-corrected chi connectivity index (χ4v) is 1.72. The van der Waals surface area contributed by atoms with Gasteiger partial charge in [-0.05, 0) is 18.7 Å². The summed E-state index contributed by atoms with van der Waals surface area (Å²) in [5.41, 5.74) is 0. The molecular weight excluding hydrogens is 190 g/mol. The first-order valence-corrected chi connectivity index (χ1v) is 5.56. The lowest BCUT2D eigenvalue weighted by Gasteiger charge is -2.29. The second-order valence-corrected chi connectivity index (χ2v) is 3.84. The lowest BCUT2D eigenvalue weighted by Crippen LogP contribution is -2.33. The predicted molar refractivity (Wildman–Crippen MR) is 60.6 cm³/mol. The van der Waals surface area contributed by atoms with E-state index in [1.165, 1.54) is 12.8 Å². The summed E-state index contributed by atoms with van der Waals surface area (Å²) in [7, 11) is 0. The molecule has 0 aromatic carbocycles. The molecule has 0 aromatic heterocycles. The Bertz CT molecular complexity index is 258. The summed E-state index contributed by atoms with van der Waals surface area (Å²) in [5, 5.41) is 8.77. The number of aliphatic carboxylic acids is 1. The molecule has 0 fully saturated rings. The molecule has 1 heterocycles. The van der Waals surface area contributed by atoms with Crippen LogP contribution < -0.4 is 0 Å². The molecule has 0 saturated carbocycles. The Kier molecular flexibility index (Phi) is 4.95. The molecule has 1 rings (SSSR count). The Morgan fingerprint density at radius 2 is 2.20 bits per heavy atom. The van der Waals surface area contributed by atoms with E-state index in [0.29, 0.717) is 0 Å². The van der Waals surface area contributed by atoms with Gasteiger partial charge in [-0.1, -0.05) is 31.9 Å². The molecule has 1 N–H and O–H groups in total. The SMILES string of the molecule is CCCCCN1C=CC=CC1CC(=O)O. The molecular formula is C12H19NO2. The zero-order valence-corrected chi connectivity index (χ0v) is 9.22. The van der Waals surface area contributed by atoms with Crippen LogP contribution in [0, 0.1) is 0 Å². The molecule has 0 bridgehead atoms. The van der Waals surface area contributed by atoms with E-state index >= 15 is 0 Å². The highest BCUT2D eigenvalue weighted by atomic mass is 16.4. The second-order valence-electron chi connectivity index (χ2n) is 3.84. The largest absolute Gasteiger partial charge is 0.481 e. The van der Waals surface area contributed by atoms with Crippen LogP contribution >= 0.6 is 0 Å². The summed E-state index contributed by atoms with van der Waals surface area (Å²) in [5.74, 6) is -0.736. The van der Waals surface area contributed by atoms with Gasteiger partial charge in [0.05, 0.1) is 12.5 Å². The summed E-state index contributed by atoms with van der Waals surface area (Å²) >= 11 is 0. The zero-order chi connectivity index (χ0) is 11.1. The van der Waals surface area contributed by atoms with Crippen molar-refractivity contribution in [3.05, 3.63) is 24.4 Å². The topological polar surface area (TPSA) is 40.5 Å². The van der Waals surface area contributed by atoms with Crippen LogP contribution in [0.4, 0.5) is 0 Å². The van der Waals surface area contributed by atoms with Gasteiger partial charge in [0.15, 0.2) is 0 Å². The average molecular weight is 209 g/mol. The number of carbonyl (C=O) groups is 1. The Morgan fingerprint density at radius 1 is 1.40 bits per heavy atom. The summed E-state index contributed by atoms with van der Waals surface area (Å²) < 4.78 is 0. The Labute approximate surface area is 91.1 Å². The van der Waals surface area contributed by atoms with Gasteiger partial charge in [0.2, 0.25) is 0 Å². The highest BCUT2D eigenvalue weighted by Crippen LogP contribution is 2.13. The average Bonchev–Trinajstić information content (AvgIpc) is 2.20. The lowest BCUT2D eigenvalue weighted by molar-refractivity contribution is -0.137. The molecule has 0 amide bonds. The minimum Gasteiger partial charge on any atom is -0.481 e.